The maximum absolute atomic E-state index is 11.7. The Bertz CT molecular complexity index is 486. The van der Waals surface area contributed by atoms with Crippen LogP contribution in [0.25, 0.3) is 0 Å². The van der Waals surface area contributed by atoms with E-state index in [2.05, 4.69) is 10.6 Å². The highest BCUT2D eigenvalue weighted by atomic mass is 32.2. The minimum absolute atomic E-state index is 0.0959. The Morgan fingerprint density at radius 1 is 1.25 bits per heavy atom. The van der Waals surface area contributed by atoms with Gasteiger partial charge in [0.05, 0.1) is 17.4 Å². The lowest BCUT2D eigenvalue weighted by atomic mass is 10.1. The fraction of sp³-hybridized carbons (Fsp3) is 0.833. The molecule has 0 aromatic heterocycles. The van der Waals surface area contributed by atoms with Crippen LogP contribution in [0.3, 0.4) is 0 Å². The van der Waals surface area contributed by atoms with E-state index in [1.165, 1.54) is 0 Å². The predicted molar refractivity (Wildman–Crippen MR) is 72.1 cm³/mol. The molecule has 3 N–H and O–H groups in total. The molecule has 1 aliphatic carbocycles. The Morgan fingerprint density at radius 3 is 2.45 bits per heavy atom. The maximum atomic E-state index is 11.7. The van der Waals surface area contributed by atoms with Gasteiger partial charge in [-0.3, -0.25) is 4.79 Å². The minimum atomic E-state index is -3.07. The molecule has 1 aliphatic heterocycles. The highest BCUT2D eigenvalue weighted by Crippen LogP contribution is 2.34. The molecule has 114 valence electrons. The molecule has 20 heavy (non-hydrogen) atoms. The number of urea groups is 1. The number of nitrogens with one attached hydrogen (secondary N) is 2. The topological polar surface area (TPSA) is 113 Å². The molecular weight excluding hydrogens is 284 g/mol. The van der Waals surface area contributed by atoms with E-state index < -0.39 is 27.1 Å². The molecule has 8 heteroatoms. The molecule has 2 rings (SSSR count). The number of sulfone groups is 1. The Labute approximate surface area is 118 Å². The zero-order chi connectivity index (χ0) is 14.8. The van der Waals surface area contributed by atoms with Gasteiger partial charge in [0.1, 0.15) is 0 Å². The molecule has 0 bridgehead atoms. The molecule has 0 radical (unpaired) electrons. The van der Waals surface area contributed by atoms with E-state index in [1.54, 1.807) is 0 Å². The lowest BCUT2D eigenvalue weighted by Gasteiger charge is -2.18. The van der Waals surface area contributed by atoms with E-state index in [0.717, 1.165) is 12.8 Å². The van der Waals surface area contributed by atoms with Gasteiger partial charge >= 0.3 is 12.0 Å². The van der Waals surface area contributed by atoms with E-state index >= 15 is 0 Å². The van der Waals surface area contributed by atoms with Crippen LogP contribution in [0.2, 0.25) is 0 Å². The van der Waals surface area contributed by atoms with Gasteiger partial charge in [-0.2, -0.15) is 0 Å². The second kappa shape index (κ2) is 5.99. The Hall–Kier alpha value is -1.31. The fourth-order valence-electron chi connectivity index (χ4n) is 2.54. The molecule has 2 fully saturated rings. The molecular formula is C12H20N2O5S. The molecule has 1 heterocycles. The lowest BCUT2D eigenvalue weighted by molar-refractivity contribution is -0.137. The monoisotopic (exact) mass is 304 g/mol. The van der Waals surface area contributed by atoms with E-state index in [0.29, 0.717) is 12.8 Å². The number of carboxylic acid groups (broad SMARTS) is 1. The average molecular weight is 304 g/mol. The van der Waals surface area contributed by atoms with Crippen LogP contribution >= 0.6 is 0 Å². The molecule has 7 nitrogen and oxygen atoms in total. The summed E-state index contributed by atoms with van der Waals surface area (Å²) in [4.78, 5) is 22.4. The van der Waals surface area contributed by atoms with Gasteiger partial charge < -0.3 is 15.7 Å². The Kier molecular flexibility index (Phi) is 4.52. The summed E-state index contributed by atoms with van der Waals surface area (Å²) in [5, 5.41) is 13.5. The first kappa shape index (κ1) is 15.1. The molecule has 2 amide bonds. The smallest absolute Gasteiger partial charge is 0.315 e. The van der Waals surface area contributed by atoms with Gasteiger partial charge in [0.25, 0.3) is 0 Å². The highest BCUT2D eigenvalue weighted by molar-refractivity contribution is 7.92. The molecule has 0 aromatic carbocycles. The number of aliphatic carboxylic acids is 1. The van der Waals surface area contributed by atoms with Crippen molar-refractivity contribution in [1.82, 2.24) is 10.6 Å². The number of amides is 2. The summed E-state index contributed by atoms with van der Waals surface area (Å²) in [7, 11) is -3.07. The third-order valence-corrected chi connectivity index (χ3v) is 6.13. The summed E-state index contributed by atoms with van der Waals surface area (Å²) < 4.78 is 23.2. The van der Waals surface area contributed by atoms with Crippen molar-refractivity contribution < 1.29 is 23.1 Å². The van der Waals surface area contributed by atoms with Crippen molar-refractivity contribution in [1.29, 1.82) is 0 Å². The van der Waals surface area contributed by atoms with E-state index in [9.17, 15) is 18.0 Å². The van der Waals surface area contributed by atoms with E-state index in [-0.39, 0.29) is 30.7 Å². The summed E-state index contributed by atoms with van der Waals surface area (Å²) in [5.74, 6) is -0.530. The molecule has 2 atom stereocenters. The third-order valence-electron chi connectivity index (χ3n) is 3.86. The van der Waals surface area contributed by atoms with E-state index in [4.69, 9.17) is 5.11 Å². The lowest BCUT2D eigenvalue weighted by Crippen LogP contribution is -2.46. The molecule has 1 saturated heterocycles. The summed E-state index contributed by atoms with van der Waals surface area (Å²) in [6.45, 7) is 0.0959. The number of hydrogen-bond acceptors (Lipinski definition) is 4. The van der Waals surface area contributed by atoms with Gasteiger partial charge in [0, 0.05) is 12.6 Å². The van der Waals surface area contributed by atoms with Crippen LogP contribution in [-0.4, -0.2) is 49.1 Å². The Morgan fingerprint density at radius 2 is 1.95 bits per heavy atom. The van der Waals surface area contributed by atoms with Crippen LogP contribution in [0.15, 0.2) is 0 Å². The van der Waals surface area contributed by atoms with Crippen LogP contribution in [0.4, 0.5) is 4.79 Å². The van der Waals surface area contributed by atoms with Crippen molar-refractivity contribution in [3.8, 4) is 0 Å². The zero-order valence-electron chi connectivity index (χ0n) is 11.2. The van der Waals surface area contributed by atoms with Crippen molar-refractivity contribution in [2.75, 3.05) is 12.3 Å². The number of rotatable bonds is 6. The number of carboxylic acids is 1. The van der Waals surface area contributed by atoms with Crippen molar-refractivity contribution in [2.24, 2.45) is 5.92 Å². The first-order chi connectivity index (χ1) is 9.38. The van der Waals surface area contributed by atoms with Gasteiger partial charge in [-0.25, -0.2) is 13.2 Å². The second-order valence-electron chi connectivity index (χ2n) is 5.53. The summed E-state index contributed by atoms with van der Waals surface area (Å²) >= 11 is 0. The van der Waals surface area contributed by atoms with Crippen molar-refractivity contribution in [3.63, 3.8) is 0 Å². The summed E-state index contributed by atoms with van der Waals surface area (Å²) in [6.07, 6.45) is 2.97. The van der Waals surface area contributed by atoms with Crippen LogP contribution in [0.1, 0.15) is 32.1 Å². The molecule has 0 spiro atoms. The second-order valence-corrected chi connectivity index (χ2v) is 7.93. The SMILES string of the molecule is O=C(O)CC(NC(=O)NCC1CCCS1(=O)=O)C1CC1. The number of carbonyl (C=O) groups is 2. The van der Waals surface area contributed by atoms with Crippen molar-refractivity contribution in [2.45, 2.75) is 43.4 Å². The Balaban J connectivity index is 1.78. The van der Waals surface area contributed by atoms with E-state index in [1.807, 2.05) is 0 Å². The summed E-state index contributed by atoms with van der Waals surface area (Å²) in [6, 6.07) is -0.849. The van der Waals surface area contributed by atoms with Crippen LogP contribution in [-0.2, 0) is 14.6 Å². The zero-order valence-corrected chi connectivity index (χ0v) is 12.0. The number of hydrogen-bond donors (Lipinski definition) is 3. The first-order valence-electron chi connectivity index (χ1n) is 6.86. The van der Waals surface area contributed by atoms with Gasteiger partial charge in [0.2, 0.25) is 0 Å². The normalized spacial score (nSPS) is 25.9. The van der Waals surface area contributed by atoms with Crippen molar-refractivity contribution >= 4 is 21.8 Å². The van der Waals surface area contributed by atoms with Gasteiger partial charge in [0.15, 0.2) is 9.84 Å². The number of carbonyl (C=O) groups excluding carboxylic acids is 1. The predicted octanol–water partition coefficient (Wildman–Crippen LogP) is 0.116. The largest absolute Gasteiger partial charge is 0.481 e. The molecule has 2 unspecified atom stereocenters. The van der Waals surface area contributed by atoms with Gasteiger partial charge in [-0.1, -0.05) is 0 Å². The molecule has 1 saturated carbocycles. The van der Waals surface area contributed by atoms with Crippen LogP contribution < -0.4 is 10.6 Å². The highest BCUT2D eigenvalue weighted by Gasteiger charge is 2.35. The maximum Gasteiger partial charge on any atom is 0.315 e. The standard InChI is InChI=1S/C12H20N2O5S/c15-11(16)6-10(8-3-4-8)14-12(17)13-7-9-2-1-5-20(9,18)19/h8-10H,1-7H2,(H,15,16)(H2,13,14,17). The van der Waals surface area contributed by atoms with Crippen LogP contribution in [0, 0.1) is 5.92 Å². The average Bonchev–Trinajstić information content (AvgIpc) is 3.11. The third kappa shape index (κ3) is 4.09. The molecule has 2 aliphatic rings. The first-order valence-corrected chi connectivity index (χ1v) is 8.58. The van der Waals surface area contributed by atoms with Gasteiger partial charge in [-0.05, 0) is 31.6 Å². The quantitative estimate of drug-likeness (QED) is 0.645. The van der Waals surface area contributed by atoms with Crippen LogP contribution in [0.5, 0.6) is 0 Å². The molecule has 0 aromatic rings. The van der Waals surface area contributed by atoms with Crippen molar-refractivity contribution in [3.05, 3.63) is 0 Å². The fourth-order valence-corrected chi connectivity index (χ4v) is 4.30. The minimum Gasteiger partial charge on any atom is -0.481 e. The van der Waals surface area contributed by atoms with Gasteiger partial charge in [-0.15, -0.1) is 0 Å². The summed E-state index contributed by atoms with van der Waals surface area (Å²) in [5.41, 5.74) is 0.